The first kappa shape index (κ1) is 21.6. The summed E-state index contributed by atoms with van der Waals surface area (Å²) in [6, 6.07) is 5.48. The number of nitrogens with two attached hydrogens (primary N) is 1. The summed E-state index contributed by atoms with van der Waals surface area (Å²) in [7, 11) is 0. The molecule has 172 valence electrons. The van der Waals surface area contributed by atoms with E-state index in [1.54, 1.807) is 18.3 Å². The van der Waals surface area contributed by atoms with E-state index < -0.39 is 5.54 Å². The van der Waals surface area contributed by atoms with Gasteiger partial charge in [-0.05, 0) is 62.3 Å². The largest absolute Gasteiger partial charge is 0.474 e. The predicted molar refractivity (Wildman–Crippen MR) is 126 cm³/mol. The molecule has 3 N–H and O–H groups in total. The second kappa shape index (κ2) is 7.95. The molecule has 0 radical (unpaired) electrons. The molecule has 0 saturated heterocycles. The standard InChI is InChI=1S/C25H29N5O3/c1-5-25(4,26)19-12-28-23(33-15-6-7-15)18-11-27-21(10-17(18)19)29-20-9-8-16-22(30-20)13(2)14(3)32-24(16)31/h8-15H,5-7,26H2,1-4H3,(H,27,29,30)/t13-,14-,25?/m0/s1. The minimum atomic E-state index is -0.544. The molecule has 1 aliphatic heterocycles. The van der Waals surface area contributed by atoms with Crippen LogP contribution in [0.1, 0.15) is 74.5 Å². The first-order valence-electron chi connectivity index (χ1n) is 11.5. The van der Waals surface area contributed by atoms with Crippen LogP contribution >= 0.6 is 0 Å². The van der Waals surface area contributed by atoms with Crippen LogP contribution in [0.5, 0.6) is 5.88 Å². The van der Waals surface area contributed by atoms with Crippen molar-refractivity contribution >= 4 is 28.4 Å². The lowest BCUT2D eigenvalue weighted by atomic mass is 9.88. The van der Waals surface area contributed by atoms with Gasteiger partial charge in [-0.3, -0.25) is 0 Å². The zero-order chi connectivity index (χ0) is 23.3. The number of ether oxygens (including phenoxy) is 2. The summed E-state index contributed by atoms with van der Waals surface area (Å²) in [4.78, 5) is 26.1. The SMILES string of the molecule is CCC(C)(N)c1cnc(OC2CC2)c2cnc(Nc3ccc4c(n3)[C@@H](C)[C@H](C)OC4=O)cc12. The molecule has 1 aliphatic carbocycles. The third kappa shape index (κ3) is 3.99. The number of rotatable bonds is 6. The summed E-state index contributed by atoms with van der Waals surface area (Å²) in [5.41, 5.74) is 8.25. The maximum atomic E-state index is 12.2. The Kier molecular flexibility index (Phi) is 5.20. The van der Waals surface area contributed by atoms with Crippen LogP contribution in [-0.4, -0.2) is 33.1 Å². The van der Waals surface area contributed by atoms with E-state index in [-0.39, 0.29) is 24.1 Å². The summed E-state index contributed by atoms with van der Waals surface area (Å²) in [6.07, 6.45) is 6.47. The monoisotopic (exact) mass is 447 g/mol. The zero-order valence-corrected chi connectivity index (χ0v) is 19.4. The van der Waals surface area contributed by atoms with Gasteiger partial charge in [0.15, 0.2) is 0 Å². The number of nitrogens with zero attached hydrogens (tertiary/aromatic N) is 3. The average molecular weight is 448 g/mol. The van der Waals surface area contributed by atoms with Crippen molar-refractivity contribution in [3.05, 3.63) is 47.4 Å². The number of hydrogen-bond acceptors (Lipinski definition) is 8. The maximum Gasteiger partial charge on any atom is 0.340 e. The molecule has 4 heterocycles. The molecular formula is C25H29N5O3. The predicted octanol–water partition coefficient (Wildman–Crippen LogP) is 4.56. The highest BCUT2D eigenvalue weighted by atomic mass is 16.5. The average Bonchev–Trinajstić information content (AvgIpc) is 3.61. The van der Waals surface area contributed by atoms with Crippen molar-refractivity contribution in [3.63, 3.8) is 0 Å². The van der Waals surface area contributed by atoms with Crippen molar-refractivity contribution < 1.29 is 14.3 Å². The Morgan fingerprint density at radius 1 is 1.18 bits per heavy atom. The van der Waals surface area contributed by atoms with E-state index >= 15 is 0 Å². The molecule has 8 heteroatoms. The number of carbonyl (C=O) groups excluding carboxylic acids is 1. The lowest BCUT2D eigenvalue weighted by Crippen LogP contribution is -2.32. The molecule has 3 aromatic heterocycles. The van der Waals surface area contributed by atoms with Crippen LogP contribution < -0.4 is 15.8 Å². The molecule has 0 bridgehead atoms. The van der Waals surface area contributed by atoms with E-state index in [1.165, 1.54) is 0 Å². The molecule has 3 aromatic rings. The number of anilines is 2. The van der Waals surface area contributed by atoms with E-state index in [0.717, 1.165) is 41.3 Å². The number of fused-ring (bicyclic) bond motifs is 2. The van der Waals surface area contributed by atoms with Gasteiger partial charge in [0.05, 0.1) is 16.6 Å². The molecule has 0 amide bonds. The Labute approximate surface area is 192 Å². The summed E-state index contributed by atoms with van der Waals surface area (Å²) in [6.45, 7) is 7.96. The van der Waals surface area contributed by atoms with Gasteiger partial charge < -0.3 is 20.5 Å². The Morgan fingerprint density at radius 3 is 2.70 bits per heavy atom. The molecule has 1 saturated carbocycles. The van der Waals surface area contributed by atoms with Gasteiger partial charge in [-0.25, -0.2) is 19.7 Å². The van der Waals surface area contributed by atoms with Gasteiger partial charge in [0.1, 0.15) is 23.8 Å². The van der Waals surface area contributed by atoms with Crippen molar-refractivity contribution in [2.45, 2.75) is 70.6 Å². The summed E-state index contributed by atoms with van der Waals surface area (Å²) in [5, 5.41) is 5.09. The molecule has 1 fully saturated rings. The molecule has 8 nitrogen and oxygen atoms in total. The zero-order valence-electron chi connectivity index (χ0n) is 19.4. The second-order valence-electron chi connectivity index (χ2n) is 9.33. The van der Waals surface area contributed by atoms with Crippen LogP contribution in [0.15, 0.2) is 30.6 Å². The van der Waals surface area contributed by atoms with Gasteiger partial charge in [0.25, 0.3) is 0 Å². The van der Waals surface area contributed by atoms with E-state index in [0.29, 0.717) is 23.1 Å². The summed E-state index contributed by atoms with van der Waals surface area (Å²) >= 11 is 0. The summed E-state index contributed by atoms with van der Waals surface area (Å²) in [5.74, 6) is 1.51. The Balaban J connectivity index is 1.54. The number of pyridine rings is 3. The van der Waals surface area contributed by atoms with Crippen LogP contribution in [0.2, 0.25) is 0 Å². The molecule has 1 unspecified atom stereocenters. The highest BCUT2D eigenvalue weighted by molar-refractivity contribution is 5.93. The number of nitrogens with one attached hydrogen (secondary N) is 1. The highest BCUT2D eigenvalue weighted by Crippen LogP contribution is 2.37. The van der Waals surface area contributed by atoms with Crippen LogP contribution in [0.4, 0.5) is 11.6 Å². The van der Waals surface area contributed by atoms with E-state index in [2.05, 4.69) is 22.2 Å². The fourth-order valence-corrected chi connectivity index (χ4v) is 4.01. The van der Waals surface area contributed by atoms with Crippen LogP contribution in [0.3, 0.4) is 0 Å². The van der Waals surface area contributed by atoms with Gasteiger partial charge in [0.2, 0.25) is 5.88 Å². The fourth-order valence-electron chi connectivity index (χ4n) is 4.01. The lowest BCUT2D eigenvalue weighted by molar-refractivity contribution is 0.0235. The minimum Gasteiger partial charge on any atom is -0.474 e. The molecule has 33 heavy (non-hydrogen) atoms. The molecule has 3 atom stereocenters. The fraction of sp³-hybridized carbons (Fsp3) is 0.440. The molecule has 5 rings (SSSR count). The lowest BCUT2D eigenvalue weighted by Gasteiger charge is -2.27. The van der Waals surface area contributed by atoms with Crippen LogP contribution in [0, 0.1) is 0 Å². The Morgan fingerprint density at radius 2 is 1.97 bits per heavy atom. The van der Waals surface area contributed by atoms with Gasteiger partial charge in [-0.15, -0.1) is 0 Å². The third-order valence-electron chi connectivity index (χ3n) is 6.72. The van der Waals surface area contributed by atoms with E-state index in [9.17, 15) is 4.79 Å². The summed E-state index contributed by atoms with van der Waals surface area (Å²) < 4.78 is 11.4. The molecule has 0 spiro atoms. The number of cyclic esters (lactones) is 1. The molecular weight excluding hydrogens is 418 g/mol. The van der Waals surface area contributed by atoms with Gasteiger partial charge in [-0.1, -0.05) is 13.8 Å². The normalized spacial score (nSPS) is 21.8. The van der Waals surface area contributed by atoms with Crippen molar-refractivity contribution in [1.82, 2.24) is 15.0 Å². The van der Waals surface area contributed by atoms with E-state index in [1.807, 2.05) is 33.0 Å². The minimum absolute atomic E-state index is 0.00585. The van der Waals surface area contributed by atoms with Crippen molar-refractivity contribution in [2.24, 2.45) is 5.73 Å². The van der Waals surface area contributed by atoms with Crippen molar-refractivity contribution in [2.75, 3.05) is 5.32 Å². The first-order valence-corrected chi connectivity index (χ1v) is 11.5. The van der Waals surface area contributed by atoms with Crippen molar-refractivity contribution in [1.29, 1.82) is 0 Å². The number of aromatic nitrogens is 3. The van der Waals surface area contributed by atoms with Crippen LogP contribution in [-0.2, 0) is 10.3 Å². The first-order chi connectivity index (χ1) is 15.8. The molecule has 0 aromatic carbocycles. The second-order valence-corrected chi connectivity index (χ2v) is 9.33. The van der Waals surface area contributed by atoms with Gasteiger partial charge in [-0.2, -0.15) is 0 Å². The number of hydrogen-bond donors (Lipinski definition) is 2. The molecule has 2 aliphatic rings. The van der Waals surface area contributed by atoms with Gasteiger partial charge in [0, 0.05) is 23.9 Å². The highest BCUT2D eigenvalue weighted by Gasteiger charge is 2.32. The topological polar surface area (TPSA) is 112 Å². The third-order valence-corrected chi connectivity index (χ3v) is 6.72. The van der Waals surface area contributed by atoms with Crippen molar-refractivity contribution in [3.8, 4) is 5.88 Å². The number of carbonyl (C=O) groups is 1. The smallest absolute Gasteiger partial charge is 0.340 e. The Bertz CT molecular complexity index is 1240. The Hall–Kier alpha value is -3.26. The quantitative estimate of drug-likeness (QED) is 0.529. The van der Waals surface area contributed by atoms with E-state index in [4.69, 9.17) is 20.2 Å². The van der Waals surface area contributed by atoms with Gasteiger partial charge >= 0.3 is 5.97 Å². The number of esters is 1. The van der Waals surface area contributed by atoms with Crippen LogP contribution in [0.25, 0.3) is 10.8 Å². The maximum absolute atomic E-state index is 12.2.